The van der Waals surface area contributed by atoms with E-state index in [9.17, 15) is 14.9 Å². The van der Waals surface area contributed by atoms with Crippen LogP contribution in [0.15, 0.2) is 30.3 Å². The number of benzene rings is 2. The van der Waals surface area contributed by atoms with E-state index >= 15 is 0 Å². The number of nitriles is 1. The van der Waals surface area contributed by atoms with Crippen LogP contribution in [0.2, 0.25) is 0 Å². The molecule has 1 amide bonds. The van der Waals surface area contributed by atoms with Crippen LogP contribution in [0.1, 0.15) is 118 Å². The first kappa shape index (κ1) is 33.1. The minimum absolute atomic E-state index is 0.0673. The number of nitrogens with one attached hydrogen (secondary N) is 2. The second-order valence-corrected chi connectivity index (χ2v) is 15.4. The molecule has 0 spiro atoms. The van der Waals surface area contributed by atoms with E-state index in [1.807, 2.05) is 32.9 Å². The first-order chi connectivity index (χ1) is 22.4. The number of rotatable bonds is 8. The van der Waals surface area contributed by atoms with Gasteiger partial charge in [-0.2, -0.15) is 5.26 Å². The molecule has 0 radical (unpaired) electrons. The van der Waals surface area contributed by atoms with Crippen molar-refractivity contribution in [3.63, 3.8) is 0 Å². The number of H-pyrrole nitrogens is 1. The summed E-state index contributed by atoms with van der Waals surface area (Å²) in [7, 11) is 0. The molecule has 6 rings (SSSR count). The lowest BCUT2D eigenvalue weighted by atomic mass is 9.70. The number of nitrogens with zero attached hydrogens (tertiary/aromatic N) is 2. The standard InChI is InChI=1S/C39H50N4O4/c1-7-27-20-30-31(39(5,6)36-34(35(30)44)29-11-9-25(22-40)19-32(29)42-36)21-33(27)43-15-12-24(13-16-43)14-17-46-23-26-8-10-28(18-26)41-37(45)47-38(2,3)4/h9,11,19-21,24,26,28,42H,7-8,10,12-18,23H2,1-6H3,(H,41,45)/t26-,28+/m0/s1. The van der Waals surface area contributed by atoms with Crippen molar-refractivity contribution in [1.82, 2.24) is 10.3 Å². The quantitative estimate of drug-likeness (QED) is 0.244. The summed E-state index contributed by atoms with van der Waals surface area (Å²) in [6.07, 6.45) is 6.87. The molecule has 47 heavy (non-hydrogen) atoms. The van der Waals surface area contributed by atoms with Gasteiger partial charge in [-0.3, -0.25) is 4.79 Å². The average molecular weight is 639 g/mol. The Balaban J connectivity index is 1.04. The summed E-state index contributed by atoms with van der Waals surface area (Å²) in [5, 5.41) is 13.3. The largest absolute Gasteiger partial charge is 0.444 e. The SMILES string of the molecule is CCc1cc2c(cc1N1CCC(CCOC[C@H]3CC[C@@H](NC(=O)OC(C)(C)C)C3)CC1)C(C)(C)c1[nH]c3cc(C#N)ccc3c1C2=O. The Labute approximate surface area is 279 Å². The molecule has 0 bridgehead atoms. The molecule has 0 unspecified atom stereocenters. The third-order valence-electron chi connectivity index (χ3n) is 10.5. The molecule has 2 aromatic carbocycles. The number of hydrogen-bond acceptors (Lipinski definition) is 6. The molecule has 3 aliphatic rings. The van der Waals surface area contributed by atoms with Crippen molar-refractivity contribution in [3.8, 4) is 6.07 Å². The van der Waals surface area contributed by atoms with Gasteiger partial charge in [0, 0.05) is 65.6 Å². The molecular weight excluding hydrogens is 588 g/mol. The van der Waals surface area contributed by atoms with E-state index in [1.165, 1.54) is 11.3 Å². The van der Waals surface area contributed by atoms with Crippen LogP contribution < -0.4 is 10.2 Å². The third kappa shape index (κ3) is 6.78. The number of aromatic amines is 1. The molecule has 2 aliphatic carbocycles. The third-order valence-corrected chi connectivity index (χ3v) is 10.5. The molecule has 1 aliphatic heterocycles. The molecule has 3 aromatic rings. The van der Waals surface area contributed by atoms with E-state index in [2.05, 4.69) is 54.2 Å². The van der Waals surface area contributed by atoms with Crippen LogP contribution in [0.5, 0.6) is 0 Å². The fourth-order valence-corrected chi connectivity index (χ4v) is 7.95. The van der Waals surface area contributed by atoms with Crippen LogP contribution in [0.4, 0.5) is 10.5 Å². The molecule has 2 N–H and O–H groups in total. The van der Waals surface area contributed by atoms with Crippen molar-refractivity contribution in [2.45, 2.75) is 104 Å². The van der Waals surface area contributed by atoms with Crippen LogP contribution in [-0.2, 0) is 21.3 Å². The molecule has 8 nitrogen and oxygen atoms in total. The molecule has 250 valence electrons. The van der Waals surface area contributed by atoms with Crippen molar-refractivity contribution in [2.75, 3.05) is 31.2 Å². The van der Waals surface area contributed by atoms with E-state index in [0.717, 1.165) is 105 Å². The molecule has 2 atom stereocenters. The summed E-state index contributed by atoms with van der Waals surface area (Å²) in [5.41, 5.74) is 6.58. The molecular formula is C39H50N4O4. The van der Waals surface area contributed by atoms with Gasteiger partial charge in [0.05, 0.1) is 17.2 Å². The first-order valence-corrected chi connectivity index (χ1v) is 17.5. The second-order valence-electron chi connectivity index (χ2n) is 15.4. The zero-order chi connectivity index (χ0) is 33.5. The summed E-state index contributed by atoms with van der Waals surface area (Å²) >= 11 is 0. The number of amides is 1. The fraction of sp³-hybridized carbons (Fsp3) is 0.564. The highest BCUT2D eigenvalue weighted by Gasteiger charge is 2.40. The summed E-state index contributed by atoms with van der Waals surface area (Å²) in [4.78, 5) is 32.2. The number of alkyl carbamates (subject to hydrolysis) is 1. The number of aromatic nitrogens is 1. The number of fused-ring (bicyclic) bond motifs is 4. The zero-order valence-corrected chi connectivity index (χ0v) is 28.9. The Morgan fingerprint density at radius 3 is 2.57 bits per heavy atom. The summed E-state index contributed by atoms with van der Waals surface area (Å²) in [5.74, 6) is 1.20. The topological polar surface area (TPSA) is 107 Å². The Hall–Kier alpha value is -3.83. The highest BCUT2D eigenvalue weighted by atomic mass is 16.6. The Morgan fingerprint density at radius 2 is 1.87 bits per heavy atom. The van der Waals surface area contributed by atoms with Crippen LogP contribution in [0, 0.1) is 23.2 Å². The summed E-state index contributed by atoms with van der Waals surface area (Å²) < 4.78 is 11.6. The molecule has 2 heterocycles. The van der Waals surface area contributed by atoms with Crippen molar-refractivity contribution in [2.24, 2.45) is 11.8 Å². The predicted molar refractivity (Wildman–Crippen MR) is 185 cm³/mol. The summed E-state index contributed by atoms with van der Waals surface area (Å²) in [6, 6.07) is 12.4. The van der Waals surface area contributed by atoms with Gasteiger partial charge >= 0.3 is 6.09 Å². The van der Waals surface area contributed by atoms with Gasteiger partial charge in [0.25, 0.3) is 0 Å². The fourth-order valence-electron chi connectivity index (χ4n) is 7.95. The van der Waals surface area contributed by atoms with E-state index in [1.54, 1.807) is 6.07 Å². The van der Waals surface area contributed by atoms with Gasteiger partial charge < -0.3 is 24.7 Å². The number of ether oxygens (including phenoxy) is 2. The molecule has 1 saturated heterocycles. The van der Waals surface area contributed by atoms with Crippen LogP contribution >= 0.6 is 0 Å². The second kappa shape index (κ2) is 13.0. The van der Waals surface area contributed by atoms with E-state index in [-0.39, 0.29) is 23.3 Å². The van der Waals surface area contributed by atoms with Gasteiger partial charge in [-0.25, -0.2) is 4.79 Å². The van der Waals surface area contributed by atoms with Gasteiger partial charge in [0.2, 0.25) is 0 Å². The lowest BCUT2D eigenvalue weighted by Crippen LogP contribution is -2.38. The van der Waals surface area contributed by atoms with Crippen LogP contribution in [-0.4, -0.2) is 54.8 Å². The number of piperidine rings is 1. The van der Waals surface area contributed by atoms with Gasteiger partial charge in [-0.15, -0.1) is 0 Å². The molecule has 1 saturated carbocycles. The van der Waals surface area contributed by atoms with Gasteiger partial charge in [0.15, 0.2) is 5.78 Å². The van der Waals surface area contributed by atoms with Crippen LogP contribution in [0.25, 0.3) is 10.9 Å². The lowest BCUT2D eigenvalue weighted by Gasteiger charge is -2.38. The van der Waals surface area contributed by atoms with Crippen molar-refractivity contribution >= 4 is 28.5 Å². The number of hydrogen-bond donors (Lipinski definition) is 2. The number of anilines is 1. The van der Waals surface area contributed by atoms with E-state index < -0.39 is 5.60 Å². The maximum absolute atomic E-state index is 14.0. The number of ketones is 1. The minimum Gasteiger partial charge on any atom is -0.444 e. The van der Waals surface area contributed by atoms with Gasteiger partial charge in [0.1, 0.15) is 5.60 Å². The maximum Gasteiger partial charge on any atom is 0.407 e. The average Bonchev–Trinajstić information content (AvgIpc) is 3.65. The monoisotopic (exact) mass is 638 g/mol. The first-order valence-electron chi connectivity index (χ1n) is 17.5. The van der Waals surface area contributed by atoms with Crippen molar-refractivity contribution < 1.29 is 19.1 Å². The van der Waals surface area contributed by atoms with Gasteiger partial charge in [-0.05, 0) is 113 Å². The number of carbonyl (C=O) groups excluding carboxylic acids is 2. The van der Waals surface area contributed by atoms with Crippen LogP contribution in [0.3, 0.4) is 0 Å². The zero-order valence-electron chi connectivity index (χ0n) is 28.9. The van der Waals surface area contributed by atoms with Gasteiger partial charge in [-0.1, -0.05) is 26.8 Å². The molecule has 2 fully saturated rings. The minimum atomic E-state index is -0.480. The highest BCUT2D eigenvalue weighted by molar-refractivity contribution is 6.20. The number of aryl methyl sites for hydroxylation is 1. The molecule has 8 heteroatoms. The summed E-state index contributed by atoms with van der Waals surface area (Å²) in [6.45, 7) is 15.8. The Morgan fingerprint density at radius 1 is 1.11 bits per heavy atom. The van der Waals surface area contributed by atoms with Crippen molar-refractivity contribution in [1.29, 1.82) is 5.26 Å². The predicted octanol–water partition coefficient (Wildman–Crippen LogP) is 7.79. The lowest BCUT2D eigenvalue weighted by molar-refractivity contribution is 0.0499. The van der Waals surface area contributed by atoms with E-state index in [4.69, 9.17) is 9.47 Å². The number of carbonyl (C=O) groups is 2. The Kier molecular flexibility index (Phi) is 9.15. The smallest absolute Gasteiger partial charge is 0.407 e. The Bertz CT molecular complexity index is 1700. The maximum atomic E-state index is 14.0. The molecule has 1 aromatic heterocycles. The normalized spacial score (nSPS) is 21.0. The van der Waals surface area contributed by atoms with E-state index in [0.29, 0.717) is 17.4 Å². The highest BCUT2D eigenvalue weighted by Crippen LogP contribution is 2.46. The van der Waals surface area contributed by atoms with Crippen molar-refractivity contribution in [3.05, 3.63) is 63.8 Å².